The van der Waals surface area contributed by atoms with Crippen LogP contribution in [0.2, 0.25) is 0 Å². The molecule has 0 aliphatic carbocycles. The molecule has 4 rings (SSSR count). The molecule has 4 nitrogen and oxygen atoms in total. The first-order chi connectivity index (χ1) is 12.2. The van der Waals surface area contributed by atoms with Crippen LogP contribution < -0.4 is 0 Å². The highest BCUT2D eigenvalue weighted by atomic mass is 19.1. The first-order valence-electron chi connectivity index (χ1n) is 8.08. The van der Waals surface area contributed by atoms with Crippen molar-refractivity contribution in [1.29, 1.82) is 0 Å². The third-order valence-corrected chi connectivity index (χ3v) is 4.22. The van der Waals surface area contributed by atoms with Crippen LogP contribution in [0, 0.1) is 11.6 Å². The third-order valence-electron chi connectivity index (χ3n) is 4.22. The van der Waals surface area contributed by atoms with Crippen LogP contribution in [0.25, 0.3) is 17.0 Å². The summed E-state index contributed by atoms with van der Waals surface area (Å²) in [7, 11) is 0. The second-order valence-electron chi connectivity index (χ2n) is 5.82. The highest BCUT2D eigenvalue weighted by molar-refractivity contribution is 5.55. The van der Waals surface area contributed by atoms with Gasteiger partial charge in [-0.1, -0.05) is 19.1 Å². The van der Waals surface area contributed by atoms with Crippen molar-refractivity contribution in [3.8, 4) is 11.4 Å². The summed E-state index contributed by atoms with van der Waals surface area (Å²) >= 11 is 0. The van der Waals surface area contributed by atoms with E-state index in [2.05, 4.69) is 9.97 Å². The van der Waals surface area contributed by atoms with Crippen molar-refractivity contribution in [1.82, 2.24) is 18.9 Å². The van der Waals surface area contributed by atoms with E-state index >= 15 is 0 Å². The highest BCUT2D eigenvalue weighted by Crippen LogP contribution is 2.21. The number of imidazole rings is 2. The van der Waals surface area contributed by atoms with Gasteiger partial charge in [-0.15, -0.1) is 0 Å². The minimum absolute atomic E-state index is 0.297. The van der Waals surface area contributed by atoms with Gasteiger partial charge in [-0.2, -0.15) is 0 Å². The molecule has 3 heterocycles. The number of nitrogens with zero attached hydrogens (tertiary/aromatic N) is 4. The zero-order valence-electron chi connectivity index (χ0n) is 13.7. The predicted octanol–water partition coefficient (Wildman–Crippen LogP) is 4.09. The van der Waals surface area contributed by atoms with Gasteiger partial charge < -0.3 is 8.97 Å². The van der Waals surface area contributed by atoms with Gasteiger partial charge in [-0.05, 0) is 30.7 Å². The van der Waals surface area contributed by atoms with E-state index in [4.69, 9.17) is 0 Å². The van der Waals surface area contributed by atoms with Crippen LogP contribution in [0.5, 0.6) is 0 Å². The molecule has 126 valence electrons. The summed E-state index contributed by atoms with van der Waals surface area (Å²) in [6.07, 6.45) is 5.70. The maximum Gasteiger partial charge on any atom is 0.140 e. The predicted molar refractivity (Wildman–Crippen MR) is 91.3 cm³/mol. The van der Waals surface area contributed by atoms with Crippen molar-refractivity contribution in [3.05, 3.63) is 78.0 Å². The molecule has 25 heavy (non-hydrogen) atoms. The number of halogens is 2. The standard InChI is InChI=1S/C19H16F2N4/c1-2-17-16(23-18-7-6-15(21)11-25(17)18)12-24-9-8-22-19(24)13-4-3-5-14(20)10-13/h3-11H,2,12H2,1H3. The van der Waals surface area contributed by atoms with Gasteiger partial charge >= 0.3 is 0 Å². The average Bonchev–Trinajstić information content (AvgIpc) is 3.19. The normalized spacial score (nSPS) is 11.3. The fraction of sp³-hybridized carbons (Fsp3) is 0.158. The Kier molecular flexibility index (Phi) is 3.80. The number of rotatable bonds is 4. The average molecular weight is 338 g/mol. The molecule has 0 amide bonds. The molecule has 0 atom stereocenters. The van der Waals surface area contributed by atoms with Crippen LogP contribution in [-0.2, 0) is 13.0 Å². The first-order valence-corrected chi connectivity index (χ1v) is 8.08. The number of benzene rings is 1. The molecule has 6 heteroatoms. The molecule has 4 aromatic rings. The number of aryl methyl sites for hydroxylation is 1. The number of fused-ring (bicyclic) bond motifs is 1. The van der Waals surface area contributed by atoms with Crippen LogP contribution in [0.3, 0.4) is 0 Å². The highest BCUT2D eigenvalue weighted by Gasteiger charge is 2.14. The molecule has 0 saturated heterocycles. The summed E-state index contributed by atoms with van der Waals surface area (Å²) in [5, 5.41) is 0. The molecule has 0 saturated carbocycles. The quantitative estimate of drug-likeness (QED) is 0.562. The van der Waals surface area contributed by atoms with Crippen molar-refractivity contribution in [2.75, 3.05) is 0 Å². The number of pyridine rings is 1. The number of aromatic nitrogens is 4. The lowest BCUT2D eigenvalue weighted by Crippen LogP contribution is -2.04. The molecular formula is C19H16F2N4. The lowest BCUT2D eigenvalue weighted by Gasteiger charge is -2.08. The van der Waals surface area contributed by atoms with E-state index in [0.717, 1.165) is 17.8 Å². The molecule has 0 fully saturated rings. The van der Waals surface area contributed by atoms with E-state index < -0.39 is 0 Å². The van der Waals surface area contributed by atoms with Crippen molar-refractivity contribution in [2.24, 2.45) is 0 Å². The number of hydrogen-bond donors (Lipinski definition) is 0. The van der Waals surface area contributed by atoms with Gasteiger partial charge in [0.05, 0.1) is 12.2 Å². The molecule has 0 bridgehead atoms. The van der Waals surface area contributed by atoms with Crippen LogP contribution >= 0.6 is 0 Å². The van der Waals surface area contributed by atoms with Gasteiger partial charge in [0.2, 0.25) is 0 Å². The molecule has 0 aliphatic heterocycles. The molecule has 0 aliphatic rings. The summed E-state index contributed by atoms with van der Waals surface area (Å²) in [6.45, 7) is 2.50. The maximum atomic E-state index is 13.6. The zero-order valence-corrected chi connectivity index (χ0v) is 13.7. The van der Waals surface area contributed by atoms with Gasteiger partial charge in [-0.3, -0.25) is 0 Å². The summed E-state index contributed by atoms with van der Waals surface area (Å²) < 4.78 is 30.8. The summed E-state index contributed by atoms with van der Waals surface area (Å²) in [4.78, 5) is 8.97. The van der Waals surface area contributed by atoms with Crippen LogP contribution in [0.1, 0.15) is 18.3 Å². The minimum atomic E-state index is -0.301. The van der Waals surface area contributed by atoms with Gasteiger partial charge in [-0.25, -0.2) is 18.7 Å². The fourth-order valence-corrected chi connectivity index (χ4v) is 3.10. The fourth-order valence-electron chi connectivity index (χ4n) is 3.10. The SMILES string of the molecule is CCc1c(Cn2ccnc2-c2cccc(F)c2)nc2ccc(F)cn12. The van der Waals surface area contributed by atoms with E-state index in [0.29, 0.717) is 23.6 Å². The lowest BCUT2D eigenvalue weighted by molar-refractivity contribution is 0.617. The van der Waals surface area contributed by atoms with Crippen molar-refractivity contribution < 1.29 is 8.78 Å². The van der Waals surface area contributed by atoms with Gasteiger partial charge in [0, 0.05) is 29.8 Å². The van der Waals surface area contributed by atoms with Crippen molar-refractivity contribution >= 4 is 5.65 Å². The molecule has 3 aromatic heterocycles. The Morgan fingerprint density at radius 1 is 1.08 bits per heavy atom. The Bertz CT molecular complexity index is 1050. The van der Waals surface area contributed by atoms with Crippen molar-refractivity contribution in [3.63, 3.8) is 0 Å². The van der Waals surface area contributed by atoms with Gasteiger partial charge in [0.15, 0.2) is 0 Å². The molecule has 0 unspecified atom stereocenters. The van der Waals surface area contributed by atoms with Gasteiger partial charge in [0.25, 0.3) is 0 Å². The van der Waals surface area contributed by atoms with E-state index in [1.807, 2.05) is 23.8 Å². The third kappa shape index (κ3) is 2.80. The summed E-state index contributed by atoms with van der Waals surface area (Å²) in [5.41, 5.74) is 3.22. The summed E-state index contributed by atoms with van der Waals surface area (Å²) in [5.74, 6) is 0.0727. The van der Waals surface area contributed by atoms with E-state index in [9.17, 15) is 8.78 Å². The smallest absolute Gasteiger partial charge is 0.140 e. The molecule has 0 N–H and O–H groups in total. The van der Waals surface area contributed by atoms with Gasteiger partial charge in [0.1, 0.15) is 23.1 Å². The van der Waals surface area contributed by atoms with E-state index in [1.165, 1.54) is 24.4 Å². The minimum Gasteiger partial charge on any atom is -0.325 e. The van der Waals surface area contributed by atoms with E-state index in [-0.39, 0.29) is 11.6 Å². The largest absolute Gasteiger partial charge is 0.325 e. The molecule has 0 radical (unpaired) electrons. The molecule has 1 aromatic carbocycles. The lowest BCUT2D eigenvalue weighted by atomic mass is 10.2. The molecule has 0 spiro atoms. The Morgan fingerprint density at radius 2 is 1.96 bits per heavy atom. The monoisotopic (exact) mass is 338 g/mol. The van der Waals surface area contributed by atoms with E-state index in [1.54, 1.807) is 22.7 Å². The Labute approximate surface area is 143 Å². The molecular weight excluding hydrogens is 322 g/mol. The zero-order chi connectivity index (χ0) is 17.4. The van der Waals surface area contributed by atoms with Crippen molar-refractivity contribution in [2.45, 2.75) is 19.9 Å². The second-order valence-corrected chi connectivity index (χ2v) is 5.82. The topological polar surface area (TPSA) is 35.1 Å². The Hall–Kier alpha value is -3.02. The summed E-state index contributed by atoms with van der Waals surface area (Å²) in [6, 6.07) is 9.41. The second kappa shape index (κ2) is 6.12. The first kappa shape index (κ1) is 15.5. The maximum absolute atomic E-state index is 13.6. The van der Waals surface area contributed by atoms with Crippen LogP contribution in [0.4, 0.5) is 8.78 Å². The Morgan fingerprint density at radius 3 is 2.76 bits per heavy atom. The number of hydrogen-bond acceptors (Lipinski definition) is 2. The van der Waals surface area contributed by atoms with Crippen LogP contribution in [-0.4, -0.2) is 18.9 Å². The van der Waals surface area contributed by atoms with Crippen LogP contribution in [0.15, 0.2) is 55.0 Å². The Balaban J connectivity index is 1.77.